The molecule has 1 N–H and O–H groups in total. The van der Waals surface area contributed by atoms with E-state index in [0.717, 1.165) is 47.0 Å². The van der Waals surface area contributed by atoms with Gasteiger partial charge < -0.3 is 5.32 Å². The van der Waals surface area contributed by atoms with E-state index in [4.69, 9.17) is 0 Å². The minimum atomic E-state index is -0.0516. The maximum atomic E-state index is 12.6. The molecule has 0 bridgehead atoms. The van der Waals surface area contributed by atoms with Crippen molar-refractivity contribution in [1.29, 1.82) is 0 Å². The van der Waals surface area contributed by atoms with Crippen molar-refractivity contribution < 1.29 is 4.79 Å². The van der Waals surface area contributed by atoms with E-state index in [1.807, 2.05) is 31.3 Å². The zero-order valence-electron chi connectivity index (χ0n) is 12.3. The zero-order valence-corrected chi connectivity index (χ0v) is 13.2. The van der Waals surface area contributed by atoms with Crippen LogP contribution in [0.3, 0.4) is 0 Å². The van der Waals surface area contributed by atoms with Crippen molar-refractivity contribution in [3.63, 3.8) is 0 Å². The Morgan fingerprint density at radius 1 is 1.38 bits per heavy atom. The molecule has 1 aromatic carbocycles. The molecule has 4 nitrogen and oxygen atoms in total. The summed E-state index contributed by atoms with van der Waals surface area (Å²) in [6, 6.07) is 7.75. The van der Waals surface area contributed by atoms with E-state index in [2.05, 4.69) is 17.3 Å². The van der Waals surface area contributed by atoms with Crippen molar-refractivity contribution in [3.05, 3.63) is 41.1 Å². The highest BCUT2D eigenvalue weighted by Crippen LogP contribution is 2.29. The van der Waals surface area contributed by atoms with Gasteiger partial charge in [0.1, 0.15) is 5.82 Å². The van der Waals surface area contributed by atoms with Gasteiger partial charge in [-0.15, -0.1) is 11.8 Å². The van der Waals surface area contributed by atoms with E-state index in [0.29, 0.717) is 0 Å². The van der Waals surface area contributed by atoms with Gasteiger partial charge in [0.15, 0.2) is 0 Å². The Bertz CT molecular complexity index is 678. The summed E-state index contributed by atoms with van der Waals surface area (Å²) in [7, 11) is 1.89. The lowest BCUT2D eigenvalue weighted by molar-refractivity contribution is 0.102. The Balaban J connectivity index is 1.87. The first-order chi connectivity index (χ1) is 10.2. The van der Waals surface area contributed by atoms with Crippen molar-refractivity contribution in [3.8, 4) is 0 Å². The fourth-order valence-corrected chi connectivity index (χ4v) is 3.59. The minimum absolute atomic E-state index is 0.0516. The molecule has 0 fully saturated rings. The van der Waals surface area contributed by atoms with E-state index in [-0.39, 0.29) is 5.91 Å². The highest BCUT2D eigenvalue weighted by atomic mass is 32.2. The predicted octanol–water partition coefficient (Wildman–Crippen LogP) is 3.27. The molecule has 2 aromatic rings. The molecule has 0 atom stereocenters. The molecule has 1 heterocycles. The minimum Gasteiger partial charge on any atom is -0.307 e. The molecule has 1 aromatic heterocycles. The molecule has 1 amide bonds. The molecule has 0 aliphatic heterocycles. The predicted molar refractivity (Wildman–Crippen MR) is 86.0 cm³/mol. The second kappa shape index (κ2) is 5.93. The summed E-state index contributed by atoms with van der Waals surface area (Å²) in [6.45, 7) is 2.09. The first-order valence-electron chi connectivity index (χ1n) is 7.28. The quantitative estimate of drug-likeness (QED) is 0.882. The summed E-state index contributed by atoms with van der Waals surface area (Å²) >= 11 is 1.69. The van der Waals surface area contributed by atoms with Crippen LogP contribution in [0.5, 0.6) is 0 Å². The van der Waals surface area contributed by atoms with Gasteiger partial charge in [0.25, 0.3) is 5.91 Å². The van der Waals surface area contributed by atoms with E-state index in [1.54, 1.807) is 16.4 Å². The van der Waals surface area contributed by atoms with Crippen molar-refractivity contribution in [2.75, 3.05) is 11.1 Å². The first-order valence-corrected chi connectivity index (χ1v) is 8.27. The Labute approximate surface area is 128 Å². The second-order valence-electron chi connectivity index (χ2n) is 5.13. The number of nitrogens with one attached hydrogen (secondary N) is 1. The number of aromatic nitrogens is 2. The summed E-state index contributed by atoms with van der Waals surface area (Å²) in [5, 5.41) is 7.55. The van der Waals surface area contributed by atoms with Crippen LogP contribution >= 0.6 is 11.8 Å². The number of amides is 1. The van der Waals surface area contributed by atoms with Gasteiger partial charge in [-0.25, -0.2) is 0 Å². The number of nitrogens with zero attached hydrogens (tertiary/aromatic N) is 2. The molecule has 1 aliphatic carbocycles. The van der Waals surface area contributed by atoms with Crippen molar-refractivity contribution in [1.82, 2.24) is 9.78 Å². The third-order valence-electron chi connectivity index (χ3n) is 3.73. The lowest BCUT2D eigenvalue weighted by atomic mass is 10.2. The summed E-state index contributed by atoms with van der Waals surface area (Å²) in [5.74, 6) is 1.75. The number of hydrogen-bond acceptors (Lipinski definition) is 3. The molecule has 21 heavy (non-hydrogen) atoms. The third-order valence-corrected chi connectivity index (χ3v) is 4.69. The van der Waals surface area contributed by atoms with Crippen LogP contribution in [0.4, 0.5) is 5.82 Å². The SMILES string of the molecule is CCSc1ccccc1C(=O)Nc1c2c(nn1C)CCC2. The topological polar surface area (TPSA) is 46.9 Å². The zero-order chi connectivity index (χ0) is 14.8. The van der Waals surface area contributed by atoms with Crippen LogP contribution in [0.15, 0.2) is 29.2 Å². The number of carbonyl (C=O) groups is 1. The molecule has 3 rings (SSSR count). The normalized spacial score (nSPS) is 13.2. The van der Waals surface area contributed by atoms with Crippen molar-refractivity contribution >= 4 is 23.5 Å². The van der Waals surface area contributed by atoms with Crippen molar-refractivity contribution in [2.24, 2.45) is 7.05 Å². The van der Waals surface area contributed by atoms with Gasteiger partial charge in [0.2, 0.25) is 0 Å². The number of benzene rings is 1. The molecule has 5 heteroatoms. The van der Waals surface area contributed by atoms with E-state index in [1.165, 1.54) is 5.56 Å². The summed E-state index contributed by atoms with van der Waals surface area (Å²) in [5.41, 5.74) is 3.06. The number of rotatable bonds is 4. The number of hydrogen-bond donors (Lipinski definition) is 1. The van der Waals surface area contributed by atoms with Crippen LogP contribution in [0.2, 0.25) is 0 Å². The summed E-state index contributed by atoms with van der Waals surface area (Å²) < 4.78 is 1.79. The van der Waals surface area contributed by atoms with Crippen LogP contribution in [0, 0.1) is 0 Å². The molecular formula is C16H19N3OS. The maximum absolute atomic E-state index is 12.6. The number of aryl methyl sites for hydroxylation is 2. The van der Waals surface area contributed by atoms with Gasteiger partial charge in [0.05, 0.1) is 11.3 Å². The fourth-order valence-electron chi connectivity index (χ4n) is 2.79. The standard InChI is InChI=1S/C16H19N3OS/c1-3-21-14-10-5-4-7-12(14)16(20)17-15-11-8-6-9-13(11)18-19(15)2/h4-5,7,10H,3,6,8-9H2,1-2H3,(H,17,20). The van der Waals surface area contributed by atoms with Gasteiger partial charge in [-0.3, -0.25) is 9.48 Å². The Morgan fingerprint density at radius 3 is 3.00 bits per heavy atom. The van der Waals surface area contributed by atoms with Crippen molar-refractivity contribution in [2.45, 2.75) is 31.1 Å². The molecule has 0 saturated carbocycles. The average molecular weight is 301 g/mol. The molecule has 1 aliphatic rings. The maximum Gasteiger partial charge on any atom is 0.257 e. The monoisotopic (exact) mass is 301 g/mol. The average Bonchev–Trinajstić information content (AvgIpc) is 3.03. The Kier molecular flexibility index (Phi) is 4.01. The van der Waals surface area contributed by atoms with Crippen LogP contribution < -0.4 is 5.32 Å². The van der Waals surface area contributed by atoms with Gasteiger partial charge in [-0.1, -0.05) is 19.1 Å². The van der Waals surface area contributed by atoms with Gasteiger partial charge in [0, 0.05) is 17.5 Å². The van der Waals surface area contributed by atoms with Crippen LogP contribution in [-0.2, 0) is 19.9 Å². The molecule has 110 valence electrons. The second-order valence-corrected chi connectivity index (χ2v) is 6.44. The van der Waals surface area contributed by atoms with Crippen LogP contribution in [0.1, 0.15) is 35.0 Å². The molecule has 0 spiro atoms. The summed E-state index contributed by atoms with van der Waals surface area (Å²) in [4.78, 5) is 13.6. The molecule has 0 saturated heterocycles. The smallest absolute Gasteiger partial charge is 0.257 e. The van der Waals surface area contributed by atoms with Gasteiger partial charge >= 0.3 is 0 Å². The largest absolute Gasteiger partial charge is 0.307 e. The highest BCUT2D eigenvalue weighted by Gasteiger charge is 2.23. The van der Waals surface area contributed by atoms with Gasteiger partial charge in [-0.05, 0) is 37.1 Å². The first kappa shape index (κ1) is 14.2. The number of thioether (sulfide) groups is 1. The Morgan fingerprint density at radius 2 is 2.19 bits per heavy atom. The lowest BCUT2D eigenvalue weighted by Gasteiger charge is -2.10. The van der Waals surface area contributed by atoms with E-state index in [9.17, 15) is 4.79 Å². The molecule has 0 unspecified atom stereocenters. The van der Waals surface area contributed by atoms with Gasteiger partial charge in [-0.2, -0.15) is 5.10 Å². The summed E-state index contributed by atoms with van der Waals surface area (Å²) in [6.07, 6.45) is 3.15. The number of fused-ring (bicyclic) bond motifs is 1. The highest BCUT2D eigenvalue weighted by molar-refractivity contribution is 7.99. The Hall–Kier alpha value is -1.75. The van der Waals surface area contributed by atoms with E-state index >= 15 is 0 Å². The number of anilines is 1. The fraction of sp³-hybridized carbons (Fsp3) is 0.375. The lowest BCUT2D eigenvalue weighted by Crippen LogP contribution is -2.16. The van der Waals surface area contributed by atoms with Crippen LogP contribution in [-0.4, -0.2) is 21.4 Å². The van der Waals surface area contributed by atoms with Crippen LogP contribution in [0.25, 0.3) is 0 Å². The molecule has 0 radical (unpaired) electrons. The third kappa shape index (κ3) is 2.70. The van der Waals surface area contributed by atoms with E-state index < -0.39 is 0 Å². The number of carbonyl (C=O) groups excluding carboxylic acids is 1. The molecular weight excluding hydrogens is 282 g/mol.